The van der Waals surface area contributed by atoms with Crippen molar-refractivity contribution in [3.8, 4) is 11.1 Å². The van der Waals surface area contributed by atoms with Crippen LogP contribution in [0.2, 0.25) is 0 Å². The minimum atomic E-state index is -0.248. The van der Waals surface area contributed by atoms with Crippen LogP contribution >= 0.6 is 12.6 Å². The first-order chi connectivity index (χ1) is 14.0. The summed E-state index contributed by atoms with van der Waals surface area (Å²) in [7, 11) is 1.89. The summed E-state index contributed by atoms with van der Waals surface area (Å²) in [5, 5.41) is 9.06. The largest absolute Gasteiger partial charge is 0.307 e. The highest BCUT2D eigenvalue weighted by molar-refractivity contribution is 7.80. The fraction of sp³-hybridized carbons (Fsp3) is 0.0909. The smallest absolute Gasteiger partial charge is 0.256 e. The summed E-state index contributed by atoms with van der Waals surface area (Å²) in [5.74, 6) is 0.241. The molecular formula is C22H19N5OS. The maximum Gasteiger partial charge on any atom is 0.256 e. The van der Waals surface area contributed by atoms with Gasteiger partial charge in [0.15, 0.2) is 0 Å². The van der Waals surface area contributed by atoms with Gasteiger partial charge in [-0.15, -0.1) is 12.6 Å². The SMILES string of the molecule is CC=Nc1ccc(C(=O)Nc2cc3cc(-c4cnn(C)c4)ccc3cn2)cc1S. The van der Waals surface area contributed by atoms with Crippen LogP contribution in [0, 0.1) is 0 Å². The number of anilines is 1. The lowest BCUT2D eigenvalue weighted by molar-refractivity contribution is 0.102. The number of hydrogen-bond donors (Lipinski definition) is 2. The van der Waals surface area contributed by atoms with Gasteiger partial charge >= 0.3 is 0 Å². The summed E-state index contributed by atoms with van der Waals surface area (Å²) in [6.07, 6.45) is 7.23. The summed E-state index contributed by atoms with van der Waals surface area (Å²) >= 11 is 4.40. The Morgan fingerprint density at radius 1 is 1.10 bits per heavy atom. The second-order valence-corrected chi connectivity index (χ2v) is 7.06. The molecule has 4 aromatic rings. The molecule has 2 aromatic heterocycles. The lowest BCUT2D eigenvalue weighted by atomic mass is 10.1. The van der Waals surface area contributed by atoms with Gasteiger partial charge in [-0.05, 0) is 48.2 Å². The number of carbonyl (C=O) groups excluding carboxylic acids is 1. The molecule has 29 heavy (non-hydrogen) atoms. The van der Waals surface area contributed by atoms with Crippen LogP contribution in [0.5, 0.6) is 0 Å². The molecule has 0 atom stereocenters. The zero-order chi connectivity index (χ0) is 20.4. The lowest BCUT2D eigenvalue weighted by Crippen LogP contribution is -2.12. The number of aliphatic imine (C=N–C) groups is 1. The van der Waals surface area contributed by atoms with Crippen molar-refractivity contribution < 1.29 is 4.79 Å². The third-order valence-corrected chi connectivity index (χ3v) is 4.87. The zero-order valence-corrected chi connectivity index (χ0v) is 16.9. The second kappa shape index (κ2) is 7.89. The van der Waals surface area contributed by atoms with Gasteiger partial charge in [0.05, 0.1) is 11.9 Å². The number of aromatic nitrogens is 3. The van der Waals surface area contributed by atoms with E-state index in [1.165, 1.54) is 0 Å². The molecule has 0 saturated carbocycles. The van der Waals surface area contributed by atoms with Gasteiger partial charge in [-0.2, -0.15) is 5.10 Å². The quantitative estimate of drug-likeness (QED) is 0.377. The van der Waals surface area contributed by atoms with E-state index in [1.54, 1.807) is 35.3 Å². The Morgan fingerprint density at radius 3 is 2.69 bits per heavy atom. The predicted octanol–water partition coefficient (Wildman–Crippen LogP) is 4.90. The molecule has 1 N–H and O–H groups in total. The standard InChI is InChI=1S/C22H19N5OS/c1-3-23-19-7-6-15(9-20(19)29)22(28)26-21-10-17-8-14(4-5-16(17)11-24-21)18-12-25-27(2)13-18/h3-13,29H,1-2H3,(H,24,26,28). The first-order valence-corrected chi connectivity index (χ1v) is 9.50. The van der Waals surface area contributed by atoms with E-state index in [2.05, 4.69) is 39.1 Å². The Hall–Kier alpha value is -3.45. The molecule has 6 nitrogen and oxygen atoms in total. The molecule has 1 amide bonds. The molecule has 0 unspecified atom stereocenters. The normalized spacial score (nSPS) is 11.3. The van der Waals surface area contributed by atoms with Gasteiger partial charge < -0.3 is 5.32 Å². The Balaban J connectivity index is 1.60. The van der Waals surface area contributed by atoms with Gasteiger partial charge in [-0.3, -0.25) is 14.5 Å². The molecule has 0 bridgehead atoms. The van der Waals surface area contributed by atoms with Crippen LogP contribution < -0.4 is 5.32 Å². The molecular weight excluding hydrogens is 382 g/mol. The Kier molecular flexibility index (Phi) is 5.14. The Labute approximate surface area is 173 Å². The average Bonchev–Trinajstić information content (AvgIpc) is 3.15. The lowest BCUT2D eigenvalue weighted by Gasteiger charge is -2.08. The molecule has 7 heteroatoms. The Bertz CT molecular complexity index is 1250. The number of carbonyl (C=O) groups is 1. The number of hydrogen-bond acceptors (Lipinski definition) is 5. The third-order valence-electron chi connectivity index (χ3n) is 4.51. The van der Waals surface area contributed by atoms with E-state index in [4.69, 9.17) is 0 Å². The fourth-order valence-electron chi connectivity index (χ4n) is 3.06. The van der Waals surface area contributed by atoms with E-state index in [0.29, 0.717) is 16.3 Å². The van der Waals surface area contributed by atoms with E-state index in [1.807, 2.05) is 44.6 Å². The zero-order valence-electron chi connectivity index (χ0n) is 16.0. The van der Waals surface area contributed by atoms with Crippen LogP contribution in [0.4, 0.5) is 11.5 Å². The maximum absolute atomic E-state index is 12.6. The number of aryl methyl sites for hydroxylation is 1. The highest BCUT2D eigenvalue weighted by atomic mass is 32.1. The highest BCUT2D eigenvalue weighted by Crippen LogP contribution is 2.26. The van der Waals surface area contributed by atoms with Gasteiger partial charge in [0.1, 0.15) is 5.82 Å². The van der Waals surface area contributed by atoms with Gasteiger partial charge in [0.2, 0.25) is 0 Å². The van der Waals surface area contributed by atoms with Crippen LogP contribution in [0.1, 0.15) is 17.3 Å². The monoisotopic (exact) mass is 401 g/mol. The average molecular weight is 401 g/mol. The summed E-state index contributed by atoms with van der Waals surface area (Å²) in [5.41, 5.74) is 3.31. The molecule has 4 rings (SSSR count). The molecule has 0 fully saturated rings. The second-order valence-electron chi connectivity index (χ2n) is 6.58. The minimum absolute atomic E-state index is 0.248. The molecule has 144 valence electrons. The van der Waals surface area contributed by atoms with Crippen molar-refractivity contribution in [1.82, 2.24) is 14.8 Å². The van der Waals surface area contributed by atoms with Gasteiger partial charge in [-0.1, -0.05) is 12.1 Å². The number of nitrogens with one attached hydrogen (secondary N) is 1. The number of fused-ring (bicyclic) bond motifs is 1. The van der Waals surface area contributed by atoms with Crippen LogP contribution in [0.15, 0.2) is 70.9 Å². The van der Waals surface area contributed by atoms with Crippen molar-refractivity contribution in [1.29, 1.82) is 0 Å². The topological polar surface area (TPSA) is 72.2 Å². The van der Waals surface area contributed by atoms with E-state index in [-0.39, 0.29) is 5.91 Å². The summed E-state index contributed by atoms with van der Waals surface area (Å²) < 4.78 is 1.77. The Morgan fingerprint density at radius 2 is 1.97 bits per heavy atom. The first kappa shape index (κ1) is 18.9. The summed E-state index contributed by atoms with van der Waals surface area (Å²) in [4.78, 5) is 21.8. The van der Waals surface area contributed by atoms with Crippen LogP contribution in [0.3, 0.4) is 0 Å². The molecule has 0 aliphatic carbocycles. The summed E-state index contributed by atoms with van der Waals surface area (Å²) in [6.45, 7) is 1.83. The van der Waals surface area contributed by atoms with Crippen molar-refractivity contribution >= 4 is 47.0 Å². The first-order valence-electron chi connectivity index (χ1n) is 9.05. The van der Waals surface area contributed by atoms with Gasteiger partial charge in [0.25, 0.3) is 5.91 Å². The number of amides is 1. The molecule has 2 aromatic carbocycles. The van der Waals surface area contributed by atoms with Crippen LogP contribution in [0.25, 0.3) is 21.9 Å². The molecule has 0 radical (unpaired) electrons. The number of rotatable bonds is 4. The molecule has 2 heterocycles. The summed E-state index contributed by atoms with van der Waals surface area (Å²) in [6, 6.07) is 13.2. The molecule has 0 saturated heterocycles. The van der Waals surface area contributed by atoms with E-state index in [9.17, 15) is 4.79 Å². The minimum Gasteiger partial charge on any atom is -0.307 e. The van der Waals surface area contributed by atoms with E-state index < -0.39 is 0 Å². The van der Waals surface area contributed by atoms with Gasteiger partial charge in [-0.25, -0.2) is 4.98 Å². The van der Waals surface area contributed by atoms with E-state index >= 15 is 0 Å². The predicted molar refractivity (Wildman–Crippen MR) is 119 cm³/mol. The molecule has 0 spiro atoms. The number of benzene rings is 2. The molecule has 0 aliphatic heterocycles. The fourth-order valence-corrected chi connectivity index (χ4v) is 3.33. The molecule has 0 aliphatic rings. The number of pyridine rings is 1. The van der Waals surface area contributed by atoms with Crippen molar-refractivity contribution in [2.45, 2.75) is 11.8 Å². The van der Waals surface area contributed by atoms with Crippen molar-refractivity contribution in [3.63, 3.8) is 0 Å². The van der Waals surface area contributed by atoms with Crippen molar-refractivity contribution in [2.75, 3.05) is 5.32 Å². The third kappa shape index (κ3) is 4.05. The van der Waals surface area contributed by atoms with Crippen LogP contribution in [-0.2, 0) is 7.05 Å². The highest BCUT2D eigenvalue weighted by Gasteiger charge is 2.10. The number of thiol groups is 1. The van der Waals surface area contributed by atoms with E-state index in [0.717, 1.165) is 27.6 Å². The maximum atomic E-state index is 12.6. The van der Waals surface area contributed by atoms with Crippen molar-refractivity contribution in [2.24, 2.45) is 12.0 Å². The number of nitrogens with zero attached hydrogens (tertiary/aromatic N) is 4. The van der Waals surface area contributed by atoms with Crippen molar-refractivity contribution in [3.05, 3.63) is 66.6 Å². The van der Waals surface area contributed by atoms with Gasteiger partial charge in [0, 0.05) is 47.1 Å². The van der Waals surface area contributed by atoms with Crippen LogP contribution in [-0.4, -0.2) is 26.9 Å².